The van der Waals surface area contributed by atoms with E-state index in [2.05, 4.69) is 28.1 Å². The van der Waals surface area contributed by atoms with Gasteiger partial charge < -0.3 is 9.84 Å². The first-order chi connectivity index (χ1) is 8.06. The van der Waals surface area contributed by atoms with E-state index in [1.165, 1.54) is 5.56 Å². The van der Waals surface area contributed by atoms with Crippen molar-refractivity contribution >= 4 is 21.9 Å². The molecule has 17 heavy (non-hydrogen) atoms. The van der Waals surface area contributed by atoms with Crippen molar-refractivity contribution in [2.75, 3.05) is 13.2 Å². The van der Waals surface area contributed by atoms with Gasteiger partial charge in [-0.2, -0.15) is 0 Å². The van der Waals surface area contributed by atoms with Crippen LogP contribution in [0.1, 0.15) is 18.4 Å². The summed E-state index contributed by atoms with van der Waals surface area (Å²) in [6, 6.07) is 8.12. The molecule has 2 saturated heterocycles. The van der Waals surface area contributed by atoms with Gasteiger partial charge in [0.25, 0.3) is 0 Å². The van der Waals surface area contributed by atoms with Crippen LogP contribution >= 0.6 is 15.9 Å². The fourth-order valence-electron chi connectivity index (χ4n) is 3.19. The Balaban J connectivity index is 1.90. The Labute approximate surface area is 108 Å². The highest BCUT2D eigenvalue weighted by molar-refractivity contribution is 9.10. The van der Waals surface area contributed by atoms with E-state index < -0.39 is 11.4 Å². The zero-order chi connectivity index (χ0) is 12.1. The zero-order valence-electron chi connectivity index (χ0n) is 9.28. The number of carboxylic acid groups (broad SMARTS) is 1. The molecule has 0 aromatic heterocycles. The van der Waals surface area contributed by atoms with Gasteiger partial charge in [0.1, 0.15) is 0 Å². The van der Waals surface area contributed by atoms with Gasteiger partial charge in [0, 0.05) is 9.89 Å². The van der Waals surface area contributed by atoms with Gasteiger partial charge in [-0.3, -0.25) is 4.79 Å². The predicted octanol–water partition coefficient (Wildman–Crippen LogP) is 2.58. The number of fused-ring (bicyclic) bond motifs is 2. The first kappa shape index (κ1) is 11.2. The van der Waals surface area contributed by atoms with E-state index in [9.17, 15) is 9.90 Å². The molecule has 3 aliphatic rings. The quantitative estimate of drug-likeness (QED) is 0.912. The highest BCUT2D eigenvalue weighted by atomic mass is 79.9. The van der Waals surface area contributed by atoms with Crippen molar-refractivity contribution in [2.45, 2.75) is 18.3 Å². The third kappa shape index (κ3) is 1.54. The number of hydrogen-bond donors (Lipinski definition) is 1. The summed E-state index contributed by atoms with van der Waals surface area (Å²) in [5, 5.41) is 9.25. The van der Waals surface area contributed by atoms with Gasteiger partial charge in [0.05, 0.1) is 18.6 Å². The molecule has 2 heterocycles. The smallest absolute Gasteiger partial charge is 0.312 e. The van der Waals surface area contributed by atoms with Crippen LogP contribution in [-0.4, -0.2) is 24.3 Å². The van der Waals surface area contributed by atoms with Crippen molar-refractivity contribution in [1.29, 1.82) is 0 Å². The van der Waals surface area contributed by atoms with Crippen molar-refractivity contribution < 1.29 is 14.6 Å². The van der Waals surface area contributed by atoms with E-state index >= 15 is 0 Å². The summed E-state index contributed by atoms with van der Waals surface area (Å²) in [4.78, 5) is 11.3. The van der Waals surface area contributed by atoms with Crippen LogP contribution < -0.4 is 0 Å². The molecular weight excluding hydrogens is 284 g/mol. The van der Waals surface area contributed by atoms with Crippen LogP contribution in [0, 0.1) is 5.41 Å². The highest BCUT2D eigenvalue weighted by Crippen LogP contribution is 2.59. The molecule has 1 saturated carbocycles. The van der Waals surface area contributed by atoms with Crippen LogP contribution in [-0.2, 0) is 14.9 Å². The SMILES string of the molecule is O=C(O)C12COCC(c3ccc(Br)cc3)(C1)C2. The molecule has 1 aromatic rings. The molecule has 4 heteroatoms. The monoisotopic (exact) mass is 296 g/mol. The van der Waals surface area contributed by atoms with E-state index in [0.29, 0.717) is 26.1 Å². The topological polar surface area (TPSA) is 46.5 Å². The Kier molecular flexibility index (Phi) is 2.35. The average Bonchev–Trinajstić information content (AvgIpc) is 2.29. The fraction of sp³-hybridized carbons (Fsp3) is 0.462. The fourth-order valence-corrected chi connectivity index (χ4v) is 3.46. The number of carbonyl (C=O) groups is 1. The summed E-state index contributed by atoms with van der Waals surface area (Å²) in [5.74, 6) is -0.718. The Hall–Kier alpha value is -0.870. The van der Waals surface area contributed by atoms with Crippen molar-refractivity contribution in [3.05, 3.63) is 34.3 Å². The van der Waals surface area contributed by atoms with Crippen LogP contribution in [0.15, 0.2) is 28.7 Å². The lowest BCUT2D eigenvalue weighted by Gasteiger charge is -2.58. The van der Waals surface area contributed by atoms with Crippen LogP contribution in [0.2, 0.25) is 0 Å². The summed E-state index contributed by atoms with van der Waals surface area (Å²) in [6.07, 6.45) is 1.41. The number of ether oxygens (including phenoxy) is 1. The Bertz CT molecular complexity index is 460. The van der Waals surface area contributed by atoms with Crippen LogP contribution in [0.3, 0.4) is 0 Å². The number of rotatable bonds is 2. The average molecular weight is 297 g/mol. The number of halogens is 1. The zero-order valence-corrected chi connectivity index (χ0v) is 10.9. The van der Waals surface area contributed by atoms with Gasteiger partial charge >= 0.3 is 5.97 Å². The largest absolute Gasteiger partial charge is 0.481 e. The van der Waals surface area contributed by atoms with E-state index in [-0.39, 0.29) is 5.41 Å². The number of aliphatic carboxylic acids is 1. The maximum atomic E-state index is 11.3. The molecule has 2 bridgehead atoms. The van der Waals surface area contributed by atoms with Gasteiger partial charge in [-0.25, -0.2) is 0 Å². The molecule has 1 aliphatic carbocycles. The summed E-state index contributed by atoms with van der Waals surface area (Å²) < 4.78 is 6.53. The van der Waals surface area contributed by atoms with Crippen LogP contribution in [0.5, 0.6) is 0 Å². The van der Waals surface area contributed by atoms with E-state index in [1.54, 1.807) is 0 Å². The standard InChI is InChI=1S/C13H13BrO3/c14-10-3-1-9(2-4-10)12-5-13(6-12,11(15)16)8-17-7-12/h1-4H,5-8H2,(H,15,16). The normalized spacial score (nSPS) is 35.1. The number of hydrogen-bond acceptors (Lipinski definition) is 2. The number of benzene rings is 1. The summed E-state index contributed by atoms with van der Waals surface area (Å²) in [6.45, 7) is 1.00. The van der Waals surface area contributed by atoms with Gasteiger partial charge in [0.2, 0.25) is 0 Å². The lowest BCUT2D eigenvalue weighted by Crippen LogP contribution is -2.62. The van der Waals surface area contributed by atoms with Gasteiger partial charge in [0.15, 0.2) is 0 Å². The first-order valence-electron chi connectivity index (χ1n) is 5.64. The molecule has 3 nitrogen and oxygen atoms in total. The van der Waals surface area contributed by atoms with Crippen molar-refractivity contribution in [2.24, 2.45) is 5.41 Å². The summed E-state index contributed by atoms with van der Waals surface area (Å²) in [7, 11) is 0. The molecule has 0 spiro atoms. The summed E-state index contributed by atoms with van der Waals surface area (Å²) in [5.41, 5.74) is 0.486. The molecule has 0 unspecified atom stereocenters. The maximum Gasteiger partial charge on any atom is 0.312 e. The second kappa shape index (κ2) is 3.56. The van der Waals surface area contributed by atoms with Crippen molar-refractivity contribution in [1.82, 2.24) is 0 Å². The minimum atomic E-state index is -0.718. The second-order valence-electron chi connectivity index (χ2n) is 5.22. The minimum Gasteiger partial charge on any atom is -0.481 e. The van der Waals surface area contributed by atoms with E-state index in [4.69, 9.17) is 4.74 Å². The first-order valence-corrected chi connectivity index (χ1v) is 6.43. The lowest BCUT2D eigenvalue weighted by atomic mass is 9.49. The summed E-state index contributed by atoms with van der Waals surface area (Å²) >= 11 is 3.41. The Morgan fingerprint density at radius 3 is 2.47 bits per heavy atom. The third-order valence-corrected chi connectivity index (χ3v) is 4.55. The molecule has 0 amide bonds. The van der Waals surface area contributed by atoms with Gasteiger partial charge in [-0.15, -0.1) is 0 Å². The van der Waals surface area contributed by atoms with Crippen LogP contribution in [0.4, 0.5) is 0 Å². The molecule has 1 aromatic carbocycles. The Morgan fingerprint density at radius 1 is 1.24 bits per heavy atom. The molecule has 1 N–H and O–H groups in total. The molecule has 0 atom stereocenters. The van der Waals surface area contributed by atoms with E-state index in [0.717, 1.165) is 4.47 Å². The second-order valence-corrected chi connectivity index (χ2v) is 6.13. The molecule has 2 aliphatic heterocycles. The van der Waals surface area contributed by atoms with Crippen molar-refractivity contribution in [3.63, 3.8) is 0 Å². The third-order valence-electron chi connectivity index (χ3n) is 4.02. The molecule has 4 rings (SSSR count). The number of carboxylic acids is 1. The lowest BCUT2D eigenvalue weighted by molar-refractivity contribution is -0.192. The predicted molar refractivity (Wildman–Crippen MR) is 65.9 cm³/mol. The van der Waals surface area contributed by atoms with Gasteiger partial charge in [-0.1, -0.05) is 28.1 Å². The molecule has 90 valence electrons. The van der Waals surface area contributed by atoms with E-state index in [1.807, 2.05) is 12.1 Å². The van der Waals surface area contributed by atoms with Crippen LogP contribution in [0.25, 0.3) is 0 Å². The van der Waals surface area contributed by atoms with Gasteiger partial charge in [-0.05, 0) is 30.5 Å². The molecule has 0 radical (unpaired) electrons. The molecule has 3 fully saturated rings. The Morgan fingerprint density at radius 2 is 1.88 bits per heavy atom. The molecular formula is C13H13BrO3. The highest BCUT2D eigenvalue weighted by Gasteiger charge is 2.63. The minimum absolute atomic E-state index is 0.0721. The maximum absolute atomic E-state index is 11.3. The van der Waals surface area contributed by atoms with Crippen molar-refractivity contribution in [3.8, 4) is 0 Å².